The van der Waals surface area contributed by atoms with Crippen LogP contribution in [0, 0.1) is 5.41 Å². The van der Waals surface area contributed by atoms with Gasteiger partial charge in [0, 0.05) is 19.4 Å². The molecule has 0 aromatic heterocycles. The Labute approximate surface area is 168 Å². The van der Waals surface area contributed by atoms with Gasteiger partial charge in [0.2, 0.25) is 0 Å². The van der Waals surface area contributed by atoms with Gasteiger partial charge >= 0.3 is 5.97 Å². The van der Waals surface area contributed by atoms with Crippen molar-refractivity contribution in [1.82, 2.24) is 0 Å². The van der Waals surface area contributed by atoms with Gasteiger partial charge < -0.3 is 24.1 Å². The highest BCUT2D eigenvalue weighted by atomic mass is 16.7. The van der Waals surface area contributed by atoms with Gasteiger partial charge in [-0.05, 0) is 39.7 Å². The van der Waals surface area contributed by atoms with E-state index in [1.54, 1.807) is 13.8 Å². The molecule has 0 radical (unpaired) electrons. The lowest BCUT2D eigenvalue weighted by molar-refractivity contribution is -0.305. The highest BCUT2D eigenvalue weighted by Crippen LogP contribution is 2.34. The molecule has 3 atom stereocenters. The number of benzene rings is 1. The van der Waals surface area contributed by atoms with Crippen molar-refractivity contribution in [2.24, 2.45) is 5.41 Å². The van der Waals surface area contributed by atoms with Crippen molar-refractivity contribution in [2.45, 2.75) is 77.7 Å². The third-order valence-electron chi connectivity index (χ3n) is 5.15. The summed E-state index contributed by atoms with van der Waals surface area (Å²) < 4.78 is 22.6. The zero-order valence-electron chi connectivity index (χ0n) is 17.6. The molecule has 6 heteroatoms. The molecule has 2 rings (SSSR count). The molecule has 1 saturated heterocycles. The number of aliphatic hydroxyl groups excluding tert-OH is 1. The van der Waals surface area contributed by atoms with E-state index in [0.717, 1.165) is 12.0 Å². The first-order chi connectivity index (χ1) is 13.1. The monoisotopic (exact) mass is 394 g/mol. The van der Waals surface area contributed by atoms with E-state index in [1.165, 1.54) is 7.11 Å². The van der Waals surface area contributed by atoms with Gasteiger partial charge in [0.25, 0.3) is 0 Å². The zero-order valence-corrected chi connectivity index (χ0v) is 17.6. The second kappa shape index (κ2) is 9.83. The molecule has 1 aliphatic heterocycles. The van der Waals surface area contributed by atoms with Crippen molar-refractivity contribution in [3.63, 3.8) is 0 Å². The Bertz CT molecular complexity index is 613. The molecule has 0 unspecified atom stereocenters. The van der Waals surface area contributed by atoms with Gasteiger partial charge in [-0.1, -0.05) is 30.3 Å². The van der Waals surface area contributed by atoms with Crippen LogP contribution in [0.1, 0.15) is 52.5 Å². The van der Waals surface area contributed by atoms with Gasteiger partial charge in [-0.2, -0.15) is 0 Å². The summed E-state index contributed by atoms with van der Waals surface area (Å²) in [5.41, 5.74) is 0.149. The smallest absolute Gasteiger partial charge is 0.313 e. The standard InChI is InChI=1S/C22H34O6/c1-21(2,20(24)25-5)19(23)14-18-13-17(27-22(3,4)28-18)11-12-26-15-16-9-7-6-8-10-16/h6-10,17-19,23H,11-15H2,1-5H3/t17-,18+,19-/m0/s1. The number of aliphatic hydroxyl groups is 1. The molecular formula is C22H34O6. The van der Waals surface area contributed by atoms with Crippen molar-refractivity contribution in [3.8, 4) is 0 Å². The molecule has 0 bridgehead atoms. The lowest BCUT2D eigenvalue weighted by Gasteiger charge is -2.42. The van der Waals surface area contributed by atoms with Gasteiger partial charge in [-0.3, -0.25) is 4.79 Å². The number of esters is 1. The van der Waals surface area contributed by atoms with Crippen LogP contribution in [0.2, 0.25) is 0 Å². The molecule has 0 saturated carbocycles. The number of rotatable bonds is 9. The SMILES string of the molecule is COC(=O)C(C)(C)[C@@H](O)C[C@H]1C[C@H](CCOCc2ccccc2)OC(C)(C)O1. The average molecular weight is 395 g/mol. The molecule has 1 fully saturated rings. The summed E-state index contributed by atoms with van der Waals surface area (Å²) >= 11 is 0. The predicted molar refractivity (Wildman–Crippen MR) is 106 cm³/mol. The van der Waals surface area contributed by atoms with Crippen molar-refractivity contribution >= 4 is 5.97 Å². The fraction of sp³-hybridized carbons (Fsp3) is 0.682. The maximum Gasteiger partial charge on any atom is 0.313 e. The van der Waals surface area contributed by atoms with Crippen LogP contribution in [0.3, 0.4) is 0 Å². The molecule has 6 nitrogen and oxygen atoms in total. The zero-order chi connectivity index (χ0) is 20.8. The summed E-state index contributed by atoms with van der Waals surface area (Å²) in [5.74, 6) is -1.18. The third-order valence-corrected chi connectivity index (χ3v) is 5.15. The maximum absolute atomic E-state index is 11.9. The van der Waals surface area contributed by atoms with E-state index in [1.807, 2.05) is 44.2 Å². The molecule has 0 amide bonds. The Morgan fingerprint density at radius 3 is 2.54 bits per heavy atom. The molecule has 1 aromatic rings. The largest absolute Gasteiger partial charge is 0.469 e. The first kappa shape index (κ1) is 22.8. The normalized spacial score (nSPS) is 23.2. The third kappa shape index (κ3) is 6.55. The van der Waals surface area contributed by atoms with E-state index in [9.17, 15) is 9.90 Å². The van der Waals surface area contributed by atoms with E-state index in [-0.39, 0.29) is 12.2 Å². The Balaban J connectivity index is 1.85. The fourth-order valence-corrected chi connectivity index (χ4v) is 3.46. The number of hydrogen-bond acceptors (Lipinski definition) is 6. The summed E-state index contributed by atoms with van der Waals surface area (Å²) in [6.45, 7) is 8.26. The lowest BCUT2D eigenvalue weighted by Crippen LogP contribution is -2.48. The van der Waals surface area contributed by atoms with E-state index < -0.39 is 23.3 Å². The van der Waals surface area contributed by atoms with Crippen LogP contribution < -0.4 is 0 Å². The topological polar surface area (TPSA) is 74.2 Å². The molecule has 1 N–H and O–H groups in total. The molecule has 1 aliphatic rings. The maximum atomic E-state index is 11.9. The highest BCUT2D eigenvalue weighted by Gasteiger charge is 2.42. The quantitative estimate of drug-likeness (QED) is 0.511. The number of carbonyl (C=O) groups is 1. The van der Waals surface area contributed by atoms with E-state index in [0.29, 0.717) is 26.1 Å². The molecule has 158 valence electrons. The Morgan fingerprint density at radius 1 is 1.25 bits per heavy atom. The average Bonchev–Trinajstić information content (AvgIpc) is 2.64. The highest BCUT2D eigenvalue weighted by molar-refractivity contribution is 5.76. The molecular weight excluding hydrogens is 360 g/mol. The van der Waals surface area contributed by atoms with Crippen LogP contribution in [0.4, 0.5) is 0 Å². The van der Waals surface area contributed by atoms with E-state index in [2.05, 4.69) is 0 Å². The lowest BCUT2D eigenvalue weighted by atomic mass is 9.82. The first-order valence-corrected chi connectivity index (χ1v) is 9.88. The molecule has 0 aliphatic carbocycles. The van der Waals surface area contributed by atoms with Gasteiger partial charge in [0.1, 0.15) is 0 Å². The minimum atomic E-state index is -0.991. The van der Waals surface area contributed by atoms with Crippen molar-refractivity contribution < 1.29 is 28.8 Å². The Kier molecular flexibility index (Phi) is 8.01. The minimum Gasteiger partial charge on any atom is -0.469 e. The first-order valence-electron chi connectivity index (χ1n) is 9.88. The summed E-state index contributed by atoms with van der Waals surface area (Å²) in [7, 11) is 1.33. The summed E-state index contributed by atoms with van der Waals surface area (Å²) in [5, 5.41) is 10.6. The molecule has 28 heavy (non-hydrogen) atoms. The number of ether oxygens (including phenoxy) is 4. The van der Waals surface area contributed by atoms with Crippen LogP contribution in [-0.2, 0) is 30.3 Å². The number of methoxy groups -OCH3 is 1. The van der Waals surface area contributed by atoms with E-state index >= 15 is 0 Å². The Morgan fingerprint density at radius 2 is 1.89 bits per heavy atom. The van der Waals surface area contributed by atoms with Gasteiger partial charge in [-0.25, -0.2) is 0 Å². The molecule has 0 spiro atoms. The van der Waals surface area contributed by atoms with Crippen molar-refractivity contribution in [3.05, 3.63) is 35.9 Å². The second-order valence-corrected chi connectivity index (χ2v) is 8.41. The Hall–Kier alpha value is -1.47. The van der Waals surface area contributed by atoms with Crippen molar-refractivity contribution in [2.75, 3.05) is 13.7 Å². The van der Waals surface area contributed by atoms with Crippen LogP contribution in [0.25, 0.3) is 0 Å². The summed E-state index contributed by atoms with van der Waals surface area (Å²) in [6, 6.07) is 10.0. The second-order valence-electron chi connectivity index (χ2n) is 8.41. The summed E-state index contributed by atoms with van der Waals surface area (Å²) in [4.78, 5) is 11.9. The van der Waals surface area contributed by atoms with Crippen molar-refractivity contribution in [1.29, 1.82) is 0 Å². The molecule has 1 aromatic carbocycles. The van der Waals surface area contributed by atoms with Crippen LogP contribution in [-0.4, -0.2) is 48.9 Å². The fourth-order valence-electron chi connectivity index (χ4n) is 3.46. The van der Waals surface area contributed by atoms with Gasteiger partial charge in [0.15, 0.2) is 5.79 Å². The number of carbonyl (C=O) groups excluding carboxylic acids is 1. The van der Waals surface area contributed by atoms with Crippen LogP contribution in [0.15, 0.2) is 30.3 Å². The summed E-state index contributed by atoms with van der Waals surface area (Å²) in [6.07, 6.45) is 0.628. The number of hydrogen-bond donors (Lipinski definition) is 1. The van der Waals surface area contributed by atoms with E-state index in [4.69, 9.17) is 18.9 Å². The molecule has 1 heterocycles. The van der Waals surface area contributed by atoms with Crippen LogP contribution >= 0.6 is 0 Å². The van der Waals surface area contributed by atoms with Gasteiger partial charge in [-0.15, -0.1) is 0 Å². The van der Waals surface area contributed by atoms with Crippen LogP contribution in [0.5, 0.6) is 0 Å². The minimum absolute atomic E-state index is 0.0297. The van der Waals surface area contributed by atoms with Gasteiger partial charge in [0.05, 0.1) is 37.4 Å². The predicted octanol–water partition coefficient (Wildman–Crippen LogP) is 3.45.